The largest absolute Gasteiger partial charge is 0.435 e. The molecule has 0 aliphatic rings. The molecule has 1 aromatic rings. The molecule has 0 aromatic heterocycles. The van der Waals surface area contributed by atoms with Crippen molar-refractivity contribution in [3.63, 3.8) is 0 Å². The molecule has 0 heterocycles. The highest BCUT2D eigenvalue weighted by Crippen LogP contribution is 2.23. The summed E-state index contributed by atoms with van der Waals surface area (Å²) < 4.78 is 28.1. The lowest BCUT2D eigenvalue weighted by atomic mass is 9.93. The van der Waals surface area contributed by atoms with Crippen molar-refractivity contribution in [2.24, 2.45) is 0 Å². The van der Waals surface area contributed by atoms with Crippen LogP contribution in [0.15, 0.2) is 24.3 Å². The molecule has 1 atom stereocenters. The Bertz CT molecular complexity index is 323. The molecule has 0 amide bonds. The molecule has 0 aliphatic heterocycles. The fraction of sp³-hybridized carbons (Fsp3) is 0.455. The van der Waals surface area contributed by atoms with Gasteiger partial charge in [0.1, 0.15) is 5.75 Å². The molecule has 0 fully saturated rings. The van der Waals surface area contributed by atoms with Crippen molar-refractivity contribution in [3.8, 4) is 5.75 Å². The predicted molar refractivity (Wildman–Crippen MR) is 56.6 cm³/mol. The number of hydrogen-bond acceptors (Lipinski definition) is 3. The molecular formula is C11H15F2NO2. The SMILES string of the molecule is CNC(C)(CO)c1ccc(OC(F)F)cc1. The molecule has 0 radical (unpaired) electrons. The van der Waals surface area contributed by atoms with Crippen molar-refractivity contribution in [2.75, 3.05) is 13.7 Å². The van der Waals surface area contributed by atoms with Crippen molar-refractivity contribution in [2.45, 2.75) is 19.1 Å². The Kier molecular flexibility index (Phi) is 4.20. The first-order valence-corrected chi connectivity index (χ1v) is 4.87. The second kappa shape index (κ2) is 5.23. The summed E-state index contributed by atoms with van der Waals surface area (Å²) in [6, 6.07) is 6.19. The second-order valence-corrected chi connectivity index (χ2v) is 3.64. The number of aliphatic hydroxyl groups is 1. The molecule has 2 N–H and O–H groups in total. The van der Waals surface area contributed by atoms with Crippen LogP contribution in [0.4, 0.5) is 8.78 Å². The fourth-order valence-electron chi connectivity index (χ4n) is 1.32. The van der Waals surface area contributed by atoms with Gasteiger partial charge in [0.25, 0.3) is 0 Å². The Hall–Kier alpha value is -1.20. The monoisotopic (exact) mass is 231 g/mol. The molecule has 90 valence electrons. The number of nitrogens with one attached hydrogen (secondary N) is 1. The summed E-state index contributed by atoms with van der Waals surface area (Å²) >= 11 is 0. The van der Waals surface area contributed by atoms with Crippen molar-refractivity contribution in [1.29, 1.82) is 0 Å². The zero-order valence-corrected chi connectivity index (χ0v) is 9.21. The Morgan fingerprint density at radius 3 is 2.31 bits per heavy atom. The summed E-state index contributed by atoms with van der Waals surface area (Å²) in [6.07, 6.45) is 0. The topological polar surface area (TPSA) is 41.5 Å². The van der Waals surface area contributed by atoms with Crippen LogP contribution >= 0.6 is 0 Å². The Labute approximate surface area is 93.0 Å². The summed E-state index contributed by atoms with van der Waals surface area (Å²) in [5.74, 6) is 0.107. The number of aliphatic hydroxyl groups excluding tert-OH is 1. The lowest BCUT2D eigenvalue weighted by Crippen LogP contribution is -2.40. The van der Waals surface area contributed by atoms with Gasteiger partial charge in [-0.3, -0.25) is 0 Å². The van der Waals surface area contributed by atoms with Crippen molar-refractivity contribution in [3.05, 3.63) is 29.8 Å². The van der Waals surface area contributed by atoms with Crippen LogP contribution in [-0.2, 0) is 5.54 Å². The van der Waals surface area contributed by atoms with Gasteiger partial charge < -0.3 is 15.2 Å². The van der Waals surface area contributed by atoms with Crippen LogP contribution in [0.25, 0.3) is 0 Å². The van der Waals surface area contributed by atoms with Crippen LogP contribution in [0.2, 0.25) is 0 Å². The molecular weight excluding hydrogens is 216 g/mol. The minimum Gasteiger partial charge on any atom is -0.435 e. The lowest BCUT2D eigenvalue weighted by Gasteiger charge is -2.27. The molecule has 1 rings (SSSR count). The molecule has 0 saturated carbocycles. The highest BCUT2D eigenvalue weighted by atomic mass is 19.3. The van der Waals surface area contributed by atoms with E-state index in [0.29, 0.717) is 0 Å². The van der Waals surface area contributed by atoms with Gasteiger partial charge in [0.05, 0.1) is 12.1 Å². The molecule has 0 aliphatic carbocycles. The van der Waals surface area contributed by atoms with E-state index in [1.807, 2.05) is 6.92 Å². The Morgan fingerprint density at radius 2 is 1.94 bits per heavy atom. The smallest absolute Gasteiger partial charge is 0.387 e. The predicted octanol–water partition coefficient (Wildman–Crippen LogP) is 1.71. The third kappa shape index (κ3) is 2.90. The second-order valence-electron chi connectivity index (χ2n) is 3.64. The maximum absolute atomic E-state index is 11.9. The van der Waals surface area contributed by atoms with Crippen LogP contribution in [0.3, 0.4) is 0 Å². The van der Waals surface area contributed by atoms with Crippen LogP contribution < -0.4 is 10.1 Å². The van der Waals surface area contributed by atoms with E-state index in [4.69, 9.17) is 0 Å². The van der Waals surface area contributed by atoms with Gasteiger partial charge in [-0.05, 0) is 31.7 Å². The standard InChI is InChI=1S/C11H15F2NO2/c1-11(7-15,14-2)8-3-5-9(6-4-8)16-10(12)13/h3-6,10,14-15H,7H2,1-2H3. The van der Waals surface area contributed by atoms with E-state index in [1.54, 1.807) is 19.2 Å². The van der Waals surface area contributed by atoms with Crippen LogP contribution in [-0.4, -0.2) is 25.4 Å². The van der Waals surface area contributed by atoms with Crippen molar-refractivity contribution >= 4 is 0 Å². The van der Waals surface area contributed by atoms with Gasteiger partial charge in [0.15, 0.2) is 0 Å². The first kappa shape index (κ1) is 12.9. The number of hydrogen-bond donors (Lipinski definition) is 2. The van der Waals surface area contributed by atoms with Gasteiger partial charge in [-0.25, -0.2) is 0 Å². The number of alkyl halides is 2. The number of ether oxygens (including phenoxy) is 1. The maximum atomic E-state index is 11.9. The average molecular weight is 231 g/mol. The minimum atomic E-state index is -2.82. The fourth-order valence-corrected chi connectivity index (χ4v) is 1.32. The van der Waals surface area contributed by atoms with Gasteiger partial charge in [0.2, 0.25) is 0 Å². The highest BCUT2D eigenvalue weighted by Gasteiger charge is 2.23. The first-order valence-electron chi connectivity index (χ1n) is 4.87. The van der Waals surface area contributed by atoms with Crippen LogP contribution in [0.1, 0.15) is 12.5 Å². The molecule has 1 unspecified atom stereocenters. The van der Waals surface area contributed by atoms with Crippen molar-refractivity contribution < 1.29 is 18.6 Å². The Balaban J connectivity index is 2.85. The van der Waals surface area contributed by atoms with Crippen LogP contribution in [0.5, 0.6) is 5.75 Å². The summed E-state index contributed by atoms with van der Waals surface area (Å²) in [5, 5.41) is 12.2. The van der Waals surface area contributed by atoms with E-state index in [9.17, 15) is 13.9 Å². The molecule has 0 bridgehead atoms. The summed E-state index contributed by atoms with van der Waals surface area (Å²) in [4.78, 5) is 0. The third-order valence-corrected chi connectivity index (χ3v) is 2.58. The highest BCUT2D eigenvalue weighted by molar-refractivity contribution is 5.31. The normalized spacial score (nSPS) is 14.9. The lowest BCUT2D eigenvalue weighted by molar-refractivity contribution is -0.0498. The summed E-state index contributed by atoms with van der Waals surface area (Å²) in [5.41, 5.74) is 0.225. The third-order valence-electron chi connectivity index (χ3n) is 2.58. The first-order chi connectivity index (χ1) is 7.51. The van der Waals surface area contributed by atoms with Gasteiger partial charge in [-0.1, -0.05) is 12.1 Å². The molecule has 5 heteroatoms. The number of likely N-dealkylation sites (N-methyl/N-ethyl adjacent to an activating group) is 1. The number of rotatable bonds is 5. The zero-order chi connectivity index (χ0) is 12.2. The number of benzene rings is 1. The summed E-state index contributed by atoms with van der Waals surface area (Å²) in [7, 11) is 1.72. The Morgan fingerprint density at radius 1 is 1.38 bits per heavy atom. The summed E-state index contributed by atoms with van der Waals surface area (Å²) in [6.45, 7) is -1.09. The van der Waals surface area contributed by atoms with Gasteiger partial charge in [-0.15, -0.1) is 0 Å². The molecule has 16 heavy (non-hydrogen) atoms. The quantitative estimate of drug-likeness (QED) is 0.810. The van der Waals surface area contributed by atoms with E-state index in [0.717, 1.165) is 5.56 Å². The molecule has 3 nitrogen and oxygen atoms in total. The number of halogens is 2. The van der Waals surface area contributed by atoms with E-state index < -0.39 is 12.2 Å². The van der Waals surface area contributed by atoms with Crippen LogP contribution in [0, 0.1) is 0 Å². The zero-order valence-electron chi connectivity index (χ0n) is 9.21. The average Bonchev–Trinajstić information content (AvgIpc) is 2.28. The molecule has 1 aromatic carbocycles. The molecule has 0 saturated heterocycles. The van der Waals surface area contributed by atoms with Gasteiger partial charge in [-0.2, -0.15) is 8.78 Å². The van der Waals surface area contributed by atoms with Crippen molar-refractivity contribution in [1.82, 2.24) is 5.32 Å². The minimum absolute atomic E-state index is 0.0848. The molecule has 0 spiro atoms. The van der Waals surface area contributed by atoms with E-state index in [2.05, 4.69) is 10.1 Å². The van der Waals surface area contributed by atoms with Gasteiger partial charge in [0, 0.05) is 0 Å². The van der Waals surface area contributed by atoms with Gasteiger partial charge >= 0.3 is 6.61 Å². The van der Waals surface area contributed by atoms with E-state index >= 15 is 0 Å². The van der Waals surface area contributed by atoms with E-state index in [-0.39, 0.29) is 12.4 Å². The van der Waals surface area contributed by atoms with E-state index in [1.165, 1.54) is 12.1 Å². The maximum Gasteiger partial charge on any atom is 0.387 e.